The summed E-state index contributed by atoms with van der Waals surface area (Å²) in [5.74, 6) is 4.88. The number of unbranched alkanes of at least 4 members (excludes halogenated alkanes) is 17. The average Bonchev–Trinajstić information content (AvgIpc) is 4.22. The van der Waals surface area contributed by atoms with Crippen molar-refractivity contribution in [3.63, 3.8) is 0 Å². The number of hydrogen-bond acceptors (Lipinski definition) is 8. The van der Waals surface area contributed by atoms with Crippen molar-refractivity contribution in [1.82, 2.24) is 0 Å². The molecule has 0 aliphatic heterocycles. The van der Waals surface area contributed by atoms with Gasteiger partial charge in [0.15, 0.2) is 0 Å². The van der Waals surface area contributed by atoms with Crippen LogP contribution in [0.2, 0.25) is 0 Å². The maximum Gasteiger partial charge on any atom is 0.0604 e. The van der Waals surface area contributed by atoms with Gasteiger partial charge in [-0.05, 0) is 122 Å². The largest absolute Gasteiger partial charge is 0.129 e. The summed E-state index contributed by atoms with van der Waals surface area (Å²) in [6.07, 6.45) is 69.9. The highest BCUT2D eigenvalue weighted by molar-refractivity contribution is 8.01. The van der Waals surface area contributed by atoms with E-state index in [1.807, 2.05) is 92.4 Å². The quantitative estimate of drug-likeness (QED) is 0.0247. The summed E-state index contributed by atoms with van der Waals surface area (Å²) in [7, 11) is 0. The Bertz CT molecular complexity index is 2030. The summed E-state index contributed by atoms with van der Waals surface area (Å²) in [4.78, 5) is 5.27. The summed E-state index contributed by atoms with van der Waals surface area (Å²) in [6, 6.07) is 18.1. The molecule has 0 N–H and O–H groups in total. The van der Waals surface area contributed by atoms with Crippen LogP contribution in [0.4, 0.5) is 0 Å². The fraction of sp³-hybridized carbons (Fsp3) is 0.419. The summed E-state index contributed by atoms with van der Waals surface area (Å²) >= 11 is 15.6. The van der Waals surface area contributed by atoms with E-state index >= 15 is 0 Å². The molecule has 8 heteroatoms. The molecule has 0 atom stereocenters. The minimum absolute atomic E-state index is 1.20. The molecule has 0 saturated carbocycles. The molecule has 0 radical (unpaired) electrons. The topological polar surface area (TPSA) is 0 Å². The third-order valence-corrected chi connectivity index (χ3v) is 20.5. The van der Waals surface area contributed by atoms with Gasteiger partial charge in [-0.2, -0.15) is 0 Å². The molecule has 0 fully saturated rings. The van der Waals surface area contributed by atoms with Crippen molar-refractivity contribution in [1.29, 1.82) is 0 Å². The second kappa shape index (κ2) is 43.0. The second-order valence-electron chi connectivity index (χ2n) is 17.1. The molecule has 4 aromatic rings. The van der Waals surface area contributed by atoms with Gasteiger partial charge in [-0.3, -0.25) is 0 Å². The second-order valence-corrected chi connectivity index (χ2v) is 27.2. The number of rotatable bonds is 41. The fourth-order valence-corrected chi connectivity index (χ4v) is 15.7. The van der Waals surface area contributed by atoms with Crippen molar-refractivity contribution in [2.75, 3.05) is 23.0 Å². The van der Waals surface area contributed by atoms with Crippen LogP contribution in [0.3, 0.4) is 0 Å². The first-order valence-corrected chi connectivity index (χ1v) is 33.5. The normalized spacial score (nSPS) is 12.9. The molecule has 0 amide bonds. The van der Waals surface area contributed by atoms with Gasteiger partial charge >= 0.3 is 0 Å². The minimum Gasteiger partial charge on any atom is -0.129 e. The lowest BCUT2D eigenvalue weighted by molar-refractivity contribution is 0.586. The van der Waals surface area contributed by atoms with E-state index in [1.54, 1.807) is 0 Å². The lowest BCUT2D eigenvalue weighted by Crippen LogP contribution is -1.83. The molecule has 70 heavy (non-hydrogen) atoms. The molecule has 0 aromatic carbocycles. The Morgan fingerprint density at radius 1 is 0.257 bits per heavy atom. The van der Waals surface area contributed by atoms with Gasteiger partial charge in [-0.1, -0.05) is 214 Å². The van der Waals surface area contributed by atoms with Crippen molar-refractivity contribution in [2.24, 2.45) is 0 Å². The van der Waals surface area contributed by atoms with Gasteiger partial charge in [-0.25, -0.2) is 0 Å². The first-order valence-electron chi connectivity index (χ1n) is 26.3. The van der Waals surface area contributed by atoms with Crippen molar-refractivity contribution in [3.8, 4) is 0 Å². The van der Waals surface area contributed by atoms with Crippen LogP contribution in [-0.2, 0) is 0 Å². The number of allylic oxidation sites excluding steroid dienone is 16. The van der Waals surface area contributed by atoms with E-state index in [4.69, 9.17) is 0 Å². The zero-order valence-corrected chi connectivity index (χ0v) is 48.9. The van der Waals surface area contributed by atoms with Gasteiger partial charge in [0.05, 0.1) is 16.8 Å². The predicted molar refractivity (Wildman–Crippen MR) is 335 cm³/mol. The van der Waals surface area contributed by atoms with Gasteiger partial charge in [0.1, 0.15) is 0 Å². The number of thiophene rings is 4. The lowest BCUT2D eigenvalue weighted by Gasteiger charge is -2.01. The van der Waals surface area contributed by atoms with Gasteiger partial charge in [0.25, 0.3) is 0 Å². The van der Waals surface area contributed by atoms with E-state index in [0.29, 0.717) is 0 Å². The van der Waals surface area contributed by atoms with E-state index in [1.165, 1.54) is 188 Å². The van der Waals surface area contributed by atoms with Crippen LogP contribution < -0.4 is 0 Å². The van der Waals surface area contributed by atoms with E-state index in [-0.39, 0.29) is 0 Å². The smallest absolute Gasteiger partial charge is 0.0604 e. The summed E-state index contributed by atoms with van der Waals surface area (Å²) in [5.41, 5.74) is 0. The summed E-state index contributed by atoms with van der Waals surface area (Å²) in [6.45, 7) is 4.58. The zero-order chi connectivity index (χ0) is 49.0. The van der Waals surface area contributed by atoms with Crippen LogP contribution in [0.25, 0.3) is 24.3 Å². The van der Waals surface area contributed by atoms with Crippen molar-refractivity contribution in [2.45, 2.75) is 159 Å². The molecule has 4 rings (SSSR count). The van der Waals surface area contributed by atoms with Crippen LogP contribution >= 0.6 is 92.4 Å². The van der Waals surface area contributed by atoms with Crippen molar-refractivity contribution >= 4 is 117 Å². The van der Waals surface area contributed by atoms with E-state index < -0.39 is 0 Å². The molecule has 4 heterocycles. The molecule has 0 spiro atoms. The number of hydrogen-bond donors (Lipinski definition) is 0. The Kier molecular flexibility index (Phi) is 37.0. The first kappa shape index (κ1) is 60.2. The maximum absolute atomic E-state index is 2.29. The van der Waals surface area contributed by atoms with E-state index in [2.05, 4.69) is 184 Å². The van der Waals surface area contributed by atoms with Crippen LogP contribution in [0.15, 0.2) is 163 Å². The SMILES string of the molecule is CCCCCCCCCCSc1ccc(/C=C/C=C/C=C/C=C/C=C/c2ccc(SCCCCCCSc3ccc(/C=C/C=C/C=C/C=C/C=C/c4ccc(SCCCCCCCCCC)s4)s3)s2)s1. The Balaban J connectivity index is 0.945. The Hall–Kier alpha value is -2.40. The molecule has 0 aliphatic rings. The summed E-state index contributed by atoms with van der Waals surface area (Å²) < 4.78 is 5.71. The van der Waals surface area contributed by atoms with Gasteiger partial charge < -0.3 is 0 Å². The zero-order valence-electron chi connectivity index (χ0n) is 42.4. The standard InChI is InChI=1S/C62H82S8/c1-3-5-7-9-11-21-27-35-51-63-59-47-43-55(67-59)39-31-23-17-13-15-19-25-33-41-57-45-49-61(69-57)65-53-37-29-30-38-54-66-62-50-46-58(70-62)42-34-26-20-16-14-18-24-32-40-56-44-48-60(68-56)64-52-36-28-22-12-10-8-6-4-2/h13-20,23-26,31-34,39-50H,3-12,21-22,27-30,35-38,51-54H2,1-2H3/b15-13+,16-14+,23-17+,24-18+,25-19+,26-20+,39-31+,40-32+,41-33+,42-34+. The lowest BCUT2D eigenvalue weighted by atomic mass is 10.1. The highest BCUT2D eigenvalue weighted by Gasteiger charge is 2.03. The average molecular weight is 1080 g/mol. The third kappa shape index (κ3) is 31.9. The third-order valence-electron chi connectivity index (χ3n) is 11.0. The fourth-order valence-electron chi connectivity index (χ4n) is 7.10. The van der Waals surface area contributed by atoms with Crippen molar-refractivity contribution < 1.29 is 0 Å². The highest BCUT2D eigenvalue weighted by Crippen LogP contribution is 2.32. The monoisotopic (exact) mass is 1080 g/mol. The van der Waals surface area contributed by atoms with Gasteiger partial charge in [0.2, 0.25) is 0 Å². The molecule has 4 aromatic heterocycles. The Labute approximate surface area is 460 Å². The maximum atomic E-state index is 2.29. The summed E-state index contributed by atoms with van der Waals surface area (Å²) in [5, 5.41) is 0. The van der Waals surface area contributed by atoms with Gasteiger partial charge in [0, 0.05) is 19.5 Å². The molecule has 0 saturated heterocycles. The molecule has 0 nitrogen and oxygen atoms in total. The Morgan fingerprint density at radius 3 is 0.686 bits per heavy atom. The van der Waals surface area contributed by atoms with Crippen LogP contribution in [-0.4, -0.2) is 23.0 Å². The highest BCUT2D eigenvalue weighted by atomic mass is 32.2. The molecule has 378 valence electrons. The van der Waals surface area contributed by atoms with E-state index in [0.717, 1.165) is 0 Å². The van der Waals surface area contributed by atoms with E-state index in [9.17, 15) is 0 Å². The molecular formula is C62H82S8. The first-order chi connectivity index (χ1) is 34.7. The molecule has 0 aliphatic carbocycles. The minimum atomic E-state index is 1.20. The van der Waals surface area contributed by atoms with Crippen LogP contribution in [0, 0.1) is 0 Å². The Morgan fingerprint density at radius 2 is 0.457 bits per heavy atom. The molecule has 0 bridgehead atoms. The van der Waals surface area contributed by atoms with Crippen LogP contribution in [0.5, 0.6) is 0 Å². The van der Waals surface area contributed by atoms with Gasteiger partial charge in [-0.15, -0.1) is 92.4 Å². The predicted octanol–water partition coefficient (Wildman–Crippen LogP) is 23.6. The van der Waals surface area contributed by atoms with Crippen LogP contribution in [0.1, 0.15) is 162 Å². The molecule has 0 unspecified atom stereocenters. The molecular weight excluding hydrogens is 1000 g/mol. The van der Waals surface area contributed by atoms with Crippen molar-refractivity contribution in [3.05, 3.63) is 165 Å². The number of thioether (sulfide) groups is 4.